The molecule has 0 atom stereocenters. The van der Waals surface area contributed by atoms with Gasteiger partial charge in [-0.2, -0.15) is 5.10 Å². The normalized spacial score (nSPS) is 10.5. The standard InChI is InChI=1S/C10H11FN4/c1-2-7-9(14-15-10(7)12)8-4-3-6(11)5-13-8/h3-5H,2H2,1H3,(H3,12,14,15). The van der Waals surface area contributed by atoms with Gasteiger partial charge in [-0.1, -0.05) is 6.92 Å². The molecule has 0 fully saturated rings. The van der Waals surface area contributed by atoms with E-state index in [-0.39, 0.29) is 5.82 Å². The summed E-state index contributed by atoms with van der Waals surface area (Å²) >= 11 is 0. The smallest absolute Gasteiger partial charge is 0.149 e. The van der Waals surface area contributed by atoms with Gasteiger partial charge in [-0.3, -0.25) is 10.1 Å². The minimum Gasteiger partial charge on any atom is -0.382 e. The number of nitrogens with one attached hydrogen (secondary N) is 1. The maximum Gasteiger partial charge on any atom is 0.149 e. The highest BCUT2D eigenvalue weighted by Gasteiger charge is 2.11. The Morgan fingerprint density at radius 2 is 2.27 bits per heavy atom. The van der Waals surface area contributed by atoms with Gasteiger partial charge in [0.15, 0.2) is 0 Å². The van der Waals surface area contributed by atoms with Gasteiger partial charge >= 0.3 is 0 Å². The van der Waals surface area contributed by atoms with Gasteiger partial charge in [-0.15, -0.1) is 0 Å². The summed E-state index contributed by atoms with van der Waals surface area (Å²) in [6.07, 6.45) is 1.93. The first-order chi connectivity index (χ1) is 7.22. The molecule has 0 aliphatic carbocycles. The van der Waals surface area contributed by atoms with Crippen molar-refractivity contribution in [1.29, 1.82) is 0 Å². The number of nitrogens with zero attached hydrogens (tertiary/aromatic N) is 2. The summed E-state index contributed by atoms with van der Waals surface area (Å²) in [6.45, 7) is 1.98. The van der Waals surface area contributed by atoms with Crippen LogP contribution in [0.1, 0.15) is 12.5 Å². The van der Waals surface area contributed by atoms with Crippen LogP contribution in [0.2, 0.25) is 0 Å². The molecular weight excluding hydrogens is 195 g/mol. The van der Waals surface area contributed by atoms with Crippen molar-refractivity contribution in [2.24, 2.45) is 0 Å². The molecule has 0 aliphatic rings. The Labute approximate surface area is 86.3 Å². The van der Waals surface area contributed by atoms with Gasteiger partial charge in [-0.05, 0) is 18.6 Å². The number of aromatic amines is 1. The molecular formula is C10H11FN4. The predicted molar refractivity (Wildman–Crippen MR) is 55.6 cm³/mol. The molecule has 15 heavy (non-hydrogen) atoms. The third-order valence-corrected chi connectivity index (χ3v) is 2.24. The minimum absolute atomic E-state index is 0.357. The summed E-state index contributed by atoms with van der Waals surface area (Å²) in [7, 11) is 0. The highest BCUT2D eigenvalue weighted by molar-refractivity contribution is 5.64. The first-order valence-corrected chi connectivity index (χ1v) is 4.67. The summed E-state index contributed by atoms with van der Waals surface area (Å²) in [5.74, 6) is 0.114. The van der Waals surface area contributed by atoms with Crippen molar-refractivity contribution in [3.05, 3.63) is 29.7 Å². The van der Waals surface area contributed by atoms with E-state index in [1.165, 1.54) is 12.3 Å². The third-order valence-electron chi connectivity index (χ3n) is 2.24. The number of halogens is 1. The van der Waals surface area contributed by atoms with Gasteiger partial charge in [0, 0.05) is 5.56 Å². The Hall–Kier alpha value is -1.91. The number of nitrogen functional groups attached to an aromatic ring is 1. The fraction of sp³-hybridized carbons (Fsp3) is 0.200. The van der Waals surface area contributed by atoms with Crippen molar-refractivity contribution >= 4 is 5.82 Å². The van der Waals surface area contributed by atoms with Crippen LogP contribution in [0.5, 0.6) is 0 Å². The van der Waals surface area contributed by atoms with Crippen molar-refractivity contribution in [2.45, 2.75) is 13.3 Å². The van der Waals surface area contributed by atoms with E-state index < -0.39 is 0 Å². The zero-order valence-corrected chi connectivity index (χ0v) is 8.29. The number of aromatic nitrogens is 3. The summed E-state index contributed by atoms with van der Waals surface area (Å²) < 4.78 is 12.7. The molecule has 2 heterocycles. The molecule has 0 saturated carbocycles. The quantitative estimate of drug-likeness (QED) is 0.786. The van der Waals surface area contributed by atoms with Crippen LogP contribution in [0, 0.1) is 5.82 Å². The van der Waals surface area contributed by atoms with Gasteiger partial charge in [0.05, 0.1) is 17.6 Å². The zero-order valence-electron chi connectivity index (χ0n) is 8.29. The minimum atomic E-state index is -0.357. The lowest BCUT2D eigenvalue weighted by Crippen LogP contribution is -1.92. The van der Waals surface area contributed by atoms with E-state index in [1.54, 1.807) is 6.07 Å². The summed E-state index contributed by atoms with van der Waals surface area (Å²) in [5, 5.41) is 6.71. The van der Waals surface area contributed by atoms with Crippen LogP contribution >= 0.6 is 0 Å². The fourth-order valence-electron chi connectivity index (χ4n) is 1.47. The average Bonchev–Trinajstić information content (AvgIpc) is 2.61. The van der Waals surface area contributed by atoms with Crippen LogP contribution < -0.4 is 5.73 Å². The largest absolute Gasteiger partial charge is 0.382 e. The number of H-pyrrole nitrogens is 1. The molecule has 0 bridgehead atoms. The van der Waals surface area contributed by atoms with Gasteiger partial charge in [0.25, 0.3) is 0 Å². The Kier molecular flexibility index (Phi) is 2.37. The molecule has 0 spiro atoms. The lowest BCUT2D eigenvalue weighted by atomic mass is 10.1. The van der Waals surface area contributed by atoms with Crippen LogP contribution in [0.15, 0.2) is 18.3 Å². The van der Waals surface area contributed by atoms with E-state index in [9.17, 15) is 4.39 Å². The van der Waals surface area contributed by atoms with Crippen LogP contribution in [-0.4, -0.2) is 15.2 Å². The van der Waals surface area contributed by atoms with Crippen molar-refractivity contribution in [3.63, 3.8) is 0 Å². The van der Waals surface area contributed by atoms with E-state index in [0.29, 0.717) is 11.5 Å². The molecule has 2 aromatic heterocycles. The van der Waals surface area contributed by atoms with Crippen LogP contribution in [-0.2, 0) is 6.42 Å². The predicted octanol–water partition coefficient (Wildman–Crippen LogP) is 1.76. The highest BCUT2D eigenvalue weighted by atomic mass is 19.1. The molecule has 78 valence electrons. The molecule has 0 amide bonds. The Morgan fingerprint density at radius 1 is 1.47 bits per heavy atom. The van der Waals surface area contributed by atoms with E-state index in [0.717, 1.165) is 17.7 Å². The molecule has 0 saturated heterocycles. The van der Waals surface area contributed by atoms with Crippen molar-refractivity contribution in [3.8, 4) is 11.4 Å². The summed E-state index contributed by atoms with van der Waals surface area (Å²) in [5.41, 5.74) is 8.00. The number of nitrogens with two attached hydrogens (primary N) is 1. The van der Waals surface area contributed by atoms with E-state index in [1.807, 2.05) is 6.92 Å². The average molecular weight is 206 g/mol. The van der Waals surface area contributed by atoms with Gasteiger partial charge in [-0.25, -0.2) is 4.39 Å². The van der Waals surface area contributed by atoms with E-state index >= 15 is 0 Å². The molecule has 2 rings (SSSR count). The lowest BCUT2D eigenvalue weighted by molar-refractivity contribution is 0.621. The van der Waals surface area contributed by atoms with Gasteiger partial charge in [0.2, 0.25) is 0 Å². The molecule has 0 aromatic carbocycles. The molecule has 0 radical (unpaired) electrons. The van der Waals surface area contributed by atoms with Crippen LogP contribution in [0.25, 0.3) is 11.4 Å². The first-order valence-electron chi connectivity index (χ1n) is 4.67. The first kappa shape index (κ1) is 9.64. The Morgan fingerprint density at radius 3 is 2.87 bits per heavy atom. The van der Waals surface area contributed by atoms with Gasteiger partial charge in [0.1, 0.15) is 11.6 Å². The summed E-state index contributed by atoms with van der Waals surface area (Å²) in [4.78, 5) is 3.97. The van der Waals surface area contributed by atoms with Gasteiger partial charge < -0.3 is 5.73 Å². The SMILES string of the molecule is CCc1c(N)n[nH]c1-c1ccc(F)cn1. The zero-order chi connectivity index (χ0) is 10.8. The van der Waals surface area contributed by atoms with Crippen LogP contribution in [0.4, 0.5) is 10.2 Å². The molecule has 0 aliphatic heterocycles. The third kappa shape index (κ3) is 1.68. The molecule has 5 heteroatoms. The Bertz CT molecular complexity index is 461. The van der Waals surface area contributed by atoms with Crippen molar-refractivity contribution in [1.82, 2.24) is 15.2 Å². The van der Waals surface area contributed by atoms with Crippen molar-refractivity contribution in [2.75, 3.05) is 5.73 Å². The van der Waals surface area contributed by atoms with Crippen LogP contribution in [0.3, 0.4) is 0 Å². The maximum absolute atomic E-state index is 12.7. The second-order valence-corrected chi connectivity index (χ2v) is 3.18. The number of hydrogen-bond acceptors (Lipinski definition) is 3. The molecule has 2 aromatic rings. The number of rotatable bonds is 2. The monoisotopic (exact) mass is 206 g/mol. The molecule has 4 nitrogen and oxygen atoms in total. The van der Waals surface area contributed by atoms with Crippen molar-refractivity contribution < 1.29 is 4.39 Å². The topological polar surface area (TPSA) is 67.6 Å². The number of anilines is 1. The van der Waals surface area contributed by atoms with E-state index in [2.05, 4.69) is 15.2 Å². The molecule has 0 unspecified atom stereocenters. The highest BCUT2D eigenvalue weighted by Crippen LogP contribution is 2.23. The Balaban J connectivity index is 2.49. The summed E-state index contributed by atoms with van der Waals surface area (Å²) in [6, 6.07) is 2.96. The second-order valence-electron chi connectivity index (χ2n) is 3.18. The number of hydrogen-bond donors (Lipinski definition) is 2. The number of pyridine rings is 1. The second kappa shape index (κ2) is 3.68. The lowest BCUT2D eigenvalue weighted by Gasteiger charge is -2.00. The molecule has 3 N–H and O–H groups in total. The van der Waals surface area contributed by atoms with E-state index in [4.69, 9.17) is 5.73 Å². The fourth-order valence-corrected chi connectivity index (χ4v) is 1.47. The maximum atomic E-state index is 12.7.